The summed E-state index contributed by atoms with van der Waals surface area (Å²) in [6.07, 6.45) is 0.685. The van der Waals surface area contributed by atoms with Gasteiger partial charge in [-0.15, -0.1) is 24.0 Å². The number of hydrogen-bond acceptors (Lipinski definition) is 1. The molecule has 1 rings (SSSR count). The van der Waals surface area contributed by atoms with Crippen molar-refractivity contribution in [1.29, 1.82) is 0 Å². The maximum absolute atomic E-state index is 12.9. The molecular weight excluding hydrogens is 344 g/mol. The number of guanidine groups is 1. The van der Waals surface area contributed by atoms with Crippen molar-refractivity contribution >= 4 is 29.9 Å². The average molecular weight is 365 g/mol. The van der Waals surface area contributed by atoms with Gasteiger partial charge < -0.3 is 11.1 Å². The van der Waals surface area contributed by atoms with Crippen molar-refractivity contribution in [3.63, 3.8) is 0 Å². The minimum atomic E-state index is -0.215. The van der Waals surface area contributed by atoms with E-state index in [1.54, 1.807) is 6.07 Å². The molecule has 0 aliphatic rings. The normalized spacial score (nSPS) is 11.9. The van der Waals surface area contributed by atoms with Gasteiger partial charge in [-0.2, -0.15) is 0 Å². The Morgan fingerprint density at radius 2 is 2.06 bits per heavy atom. The minimum absolute atomic E-state index is 0. The quantitative estimate of drug-likeness (QED) is 0.492. The van der Waals surface area contributed by atoms with Gasteiger partial charge in [0.25, 0.3) is 0 Å². The molecule has 0 aromatic heterocycles. The van der Waals surface area contributed by atoms with Crippen LogP contribution in [-0.2, 0) is 6.42 Å². The van der Waals surface area contributed by atoms with Gasteiger partial charge in [0.15, 0.2) is 5.96 Å². The maximum atomic E-state index is 12.9. The standard InChI is InChI=1S/C13H20FN3.HI/c1-13(2,3)17-12(15)16-8-7-10-5-4-6-11(14)9-10;/h4-6,9H,7-8H2,1-3H3,(H3,15,16,17);1H. The van der Waals surface area contributed by atoms with E-state index in [0.29, 0.717) is 18.9 Å². The third-order valence-electron chi connectivity index (χ3n) is 2.07. The summed E-state index contributed by atoms with van der Waals surface area (Å²) in [5.74, 6) is 0.209. The zero-order valence-corrected chi connectivity index (χ0v) is 13.4. The molecule has 0 saturated heterocycles. The van der Waals surface area contributed by atoms with Crippen LogP contribution in [0.1, 0.15) is 26.3 Å². The predicted molar refractivity (Wildman–Crippen MR) is 84.9 cm³/mol. The van der Waals surface area contributed by atoms with Crippen molar-refractivity contribution in [2.45, 2.75) is 32.7 Å². The van der Waals surface area contributed by atoms with E-state index in [0.717, 1.165) is 5.56 Å². The van der Waals surface area contributed by atoms with E-state index in [1.165, 1.54) is 12.1 Å². The number of nitrogens with two attached hydrogens (primary N) is 1. The van der Waals surface area contributed by atoms with Gasteiger partial charge in [0.1, 0.15) is 5.82 Å². The summed E-state index contributed by atoms with van der Waals surface area (Å²) in [4.78, 5) is 4.20. The Bertz CT molecular complexity index is 399. The SMILES string of the molecule is CC(C)(C)NC(N)=NCCc1cccc(F)c1.I. The lowest BCUT2D eigenvalue weighted by molar-refractivity contribution is 0.508. The second-order valence-corrected chi connectivity index (χ2v) is 5.02. The minimum Gasteiger partial charge on any atom is -0.370 e. The Morgan fingerprint density at radius 3 is 2.61 bits per heavy atom. The molecule has 0 unspecified atom stereocenters. The largest absolute Gasteiger partial charge is 0.370 e. The van der Waals surface area contributed by atoms with Crippen molar-refractivity contribution in [3.8, 4) is 0 Å². The highest BCUT2D eigenvalue weighted by Gasteiger charge is 2.09. The first-order valence-corrected chi connectivity index (χ1v) is 5.69. The molecule has 0 radical (unpaired) electrons. The highest BCUT2D eigenvalue weighted by molar-refractivity contribution is 14.0. The van der Waals surface area contributed by atoms with E-state index in [-0.39, 0.29) is 35.3 Å². The molecule has 0 spiro atoms. The Kier molecular flexibility index (Phi) is 7.20. The van der Waals surface area contributed by atoms with E-state index in [4.69, 9.17) is 5.73 Å². The zero-order chi connectivity index (χ0) is 12.9. The van der Waals surface area contributed by atoms with Gasteiger partial charge in [-0.3, -0.25) is 4.99 Å². The third-order valence-corrected chi connectivity index (χ3v) is 2.07. The zero-order valence-electron chi connectivity index (χ0n) is 11.0. The summed E-state index contributed by atoms with van der Waals surface area (Å²) in [6.45, 7) is 6.60. The van der Waals surface area contributed by atoms with Crippen molar-refractivity contribution in [1.82, 2.24) is 5.32 Å². The molecule has 5 heteroatoms. The Hall–Kier alpha value is -0.850. The van der Waals surface area contributed by atoms with Crippen molar-refractivity contribution in [3.05, 3.63) is 35.6 Å². The topological polar surface area (TPSA) is 50.4 Å². The van der Waals surface area contributed by atoms with E-state index in [9.17, 15) is 4.39 Å². The lowest BCUT2D eigenvalue weighted by Crippen LogP contribution is -2.45. The molecule has 0 saturated carbocycles. The van der Waals surface area contributed by atoms with Gasteiger partial charge in [-0.25, -0.2) is 4.39 Å². The number of aliphatic imine (C=N–C) groups is 1. The molecule has 1 aromatic rings. The van der Waals surface area contributed by atoms with Crippen LogP contribution in [-0.4, -0.2) is 18.0 Å². The number of halogens is 2. The van der Waals surface area contributed by atoms with Crippen LogP contribution in [0, 0.1) is 5.82 Å². The summed E-state index contributed by atoms with van der Waals surface area (Å²) in [6, 6.07) is 6.53. The number of nitrogens with zero attached hydrogens (tertiary/aromatic N) is 1. The Labute approximate surface area is 125 Å². The predicted octanol–water partition coefficient (Wildman–Crippen LogP) is 2.69. The van der Waals surface area contributed by atoms with Gasteiger partial charge in [0.2, 0.25) is 0 Å². The van der Waals surface area contributed by atoms with Gasteiger partial charge in [0, 0.05) is 12.1 Å². The molecule has 0 aliphatic heterocycles. The van der Waals surface area contributed by atoms with Gasteiger partial charge >= 0.3 is 0 Å². The highest BCUT2D eigenvalue weighted by atomic mass is 127. The molecule has 1 aromatic carbocycles. The van der Waals surface area contributed by atoms with Gasteiger partial charge in [0.05, 0.1) is 0 Å². The lowest BCUT2D eigenvalue weighted by atomic mass is 10.1. The number of benzene rings is 1. The highest BCUT2D eigenvalue weighted by Crippen LogP contribution is 2.04. The van der Waals surface area contributed by atoms with Crippen molar-refractivity contribution in [2.24, 2.45) is 10.7 Å². The van der Waals surface area contributed by atoms with Crippen molar-refractivity contribution < 1.29 is 4.39 Å². The molecule has 0 fully saturated rings. The summed E-state index contributed by atoms with van der Waals surface area (Å²) >= 11 is 0. The fraction of sp³-hybridized carbons (Fsp3) is 0.462. The second kappa shape index (κ2) is 7.56. The second-order valence-electron chi connectivity index (χ2n) is 5.02. The van der Waals surface area contributed by atoms with E-state index in [1.807, 2.05) is 26.8 Å². The molecule has 102 valence electrons. The number of rotatable bonds is 3. The van der Waals surface area contributed by atoms with E-state index < -0.39 is 0 Å². The fourth-order valence-corrected chi connectivity index (χ4v) is 1.42. The van der Waals surface area contributed by atoms with Gasteiger partial charge in [-0.05, 0) is 44.9 Å². The smallest absolute Gasteiger partial charge is 0.188 e. The molecule has 18 heavy (non-hydrogen) atoms. The van der Waals surface area contributed by atoms with Crippen LogP contribution in [0.3, 0.4) is 0 Å². The van der Waals surface area contributed by atoms with Crippen LogP contribution < -0.4 is 11.1 Å². The molecular formula is C13H21FIN3. The monoisotopic (exact) mass is 365 g/mol. The summed E-state index contributed by atoms with van der Waals surface area (Å²) in [7, 11) is 0. The fourth-order valence-electron chi connectivity index (χ4n) is 1.42. The van der Waals surface area contributed by atoms with Crippen LogP contribution in [0.25, 0.3) is 0 Å². The molecule has 3 nitrogen and oxygen atoms in total. The first-order chi connectivity index (χ1) is 7.87. The number of hydrogen-bond donors (Lipinski definition) is 2. The molecule has 0 amide bonds. The first kappa shape index (κ1) is 17.2. The number of nitrogens with one attached hydrogen (secondary N) is 1. The van der Waals surface area contributed by atoms with Crippen molar-refractivity contribution in [2.75, 3.05) is 6.54 Å². The lowest BCUT2D eigenvalue weighted by Gasteiger charge is -2.20. The molecule has 0 bridgehead atoms. The van der Waals surface area contributed by atoms with Crippen LogP contribution in [0.2, 0.25) is 0 Å². The molecule has 0 aliphatic carbocycles. The van der Waals surface area contributed by atoms with Crippen LogP contribution in [0.15, 0.2) is 29.3 Å². The van der Waals surface area contributed by atoms with Gasteiger partial charge in [-0.1, -0.05) is 12.1 Å². The first-order valence-electron chi connectivity index (χ1n) is 5.69. The van der Waals surface area contributed by atoms with Crippen LogP contribution in [0.5, 0.6) is 0 Å². The Morgan fingerprint density at radius 1 is 1.39 bits per heavy atom. The third kappa shape index (κ3) is 7.47. The van der Waals surface area contributed by atoms with Crippen LogP contribution >= 0.6 is 24.0 Å². The van der Waals surface area contributed by atoms with E-state index in [2.05, 4.69) is 10.3 Å². The average Bonchev–Trinajstić information content (AvgIpc) is 2.14. The summed E-state index contributed by atoms with van der Waals surface area (Å²) in [5.41, 5.74) is 6.56. The summed E-state index contributed by atoms with van der Waals surface area (Å²) < 4.78 is 12.9. The van der Waals surface area contributed by atoms with E-state index >= 15 is 0 Å². The molecule has 0 heterocycles. The van der Waals surface area contributed by atoms with Crippen LogP contribution in [0.4, 0.5) is 4.39 Å². The molecule has 3 N–H and O–H groups in total. The Balaban J connectivity index is 0.00000289. The molecule has 0 atom stereocenters. The maximum Gasteiger partial charge on any atom is 0.188 e. The summed E-state index contributed by atoms with van der Waals surface area (Å²) in [5, 5.41) is 3.07.